The van der Waals surface area contributed by atoms with Gasteiger partial charge in [-0.15, -0.1) is 0 Å². The summed E-state index contributed by atoms with van der Waals surface area (Å²) >= 11 is 0. The van der Waals surface area contributed by atoms with Crippen LogP contribution in [-0.2, 0) is 0 Å². The summed E-state index contributed by atoms with van der Waals surface area (Å²) in [5, 5.41) is 11.3. The minimum Gasteiger partial charge on any atom is -0.396 e. The Labute approximate surface area is 69.5 Å². The first kappa shape index (κ1) is 8.86. The molecule has 0 aromatic carbocycles. The van der Waals surface area contributed by atoms with Crippen molar-refractivity contribution in [3.05, 3.63) is 18.2 Å². The van der Waals surface area contributed by atoms with Crippen LogP contribution in [0.2, 0.25) is 0 Å². The van der Waals surface area contributed by atoms with E-state index in [2.05, 4.69) is 15.3 Å². The normalized spacial score (nSPS) is 9.83. The fraction of sp³-hybridized carbons (Fsp3) is 0.429. The predicted molar refractivity (Wildman–Crippen MR) is 42.2 cm³/mol. The first-order valence-corrected chi connectivity index (χ1v) is 3.65. The molecule has 1 aromatic heterocycles. The number of aliphatic hydroxyl groups excluding tert-OH is 1. The van der Waals surface area contributed by atoms with Crippen molar-refractivity contribution in [3.63, 3.8) is 0 Å². The molecule has 0 saturated heterocycles. The van der Waals surface area contributed by atoms with Crippen LogP contribution in [-0.4, -0.2) is 28.2 Å². The van der Waals surface area contributed by atoms with Crippen LogP contribution in [0.15, 0.2) is 12.4 Å². The number of halogens is 1. The molecule has 1 heterocycles. The zero-order chi connectivity index (χ0) is 8.81. The second-order valence-electron chi connectivity index (χ2n) is 2.23. The Morgan fingerprint density at radius 2 is 2.08 bits per heavy atom. The fourth-order valence-electron chi connectivity index (χ4n) is 0.683. The number of hydrogen-bond acceptors (Lipinski definition) is 4. The highest BCUT2D eigenvalue weighted by atomic mass is 19.1. The number of hydrogen-bond donors (Lipinski definition) is 2. The zero-order valence-electron chi connectivity index (χ0n) is 6.50. The maximum Gasteiger partial charge on any atom is 0.222 e. The van der Waals surface area contributed by atoms with Crippen LogP contribution in [0.5, 0.6) is 0 Å². The minimum atomic E-state index is -0.456. The number of nitrogens with zero attached hydrogens (tertiary/aromatic N) is 2. The Hall–Kier alpha value is -1.23. The monoisotopic (exact) mass is 171 g/mol. The summed E-state index contributed by atoms with van der Waals surface area (Å²) in [4.78, 5) is 7.34. The van der Waals surface area contributed by atoms with Gasteiger partial charge >= 0.3 is 0 Å². The third-order valence-electron chi connectivity index (χ3n) is 1.24. The van der Waals surface area contributed by atoms with Crippen LogP contribution in [0, 0.1) is 5.82 Å². The molecular formula is C7H10FN3O. The summed E-state index contributed by atoms with van der Waals surface area (Å²) in [5.41, 5.74) is 0. The molecule has 4 nitrogen and oxygen atoms in total. The molecule has 2 N–H and O–H groups in total. The van der Waals surface area contributed by atoms with Gasteiger partial charge in [0.15, 0.2) is 5.82 Å². The Morgan fingerprint density at radius 3 is 2.67 bits per heavy atom. The molecule has 1 rings (SSSR count). The molecular weight excluding hydrogens is 161 g/mol. The van der Waals surface area contributed by atoms with Crippen molar-refractivity contribution in [2.75, 3.05) is 18.5 Å². The van der Waals surface area contributed by atoms with Gasteiger partial charge in [0, 0.05) is 13.2 Å². The highest BCUT2D eigenvalue weighted by molar-refractivity contribution is 5.21. The lowest BCUT2D eigenvalue weighted by atomic mass is 10.4. The van der Waals surface area contributed by atoms with Crippen molar-refractivity contribution >= 4 is 5.95 Å². The molecule has 0 unspecified atom stereocenters. The molecule has 1 aromatic rings. The van der Waals surface area contributed by atoms with Gasteiger partial charge in [-0.2, -0.15) is 0 Å². The summed E-state index contributed by atoms with van der Waals surface area (Å²) in [5.74, 6) is -0.0763. The van der Waals surface area contributed by atoms with E-state index in [1.165, 1.54) is 0 Å². The third-order valence-corrected chi connectivity index (χ3v) is 1.24. The van der Waals surface area contributed by atoms with E-state index in [0.29, 0.717) is 18.9 Å². The topological polar surface area (TPSA) is 58.0 Å². The molecule has 0 aliphatic rings. The Morgan fingerprint density at radius 1 is 1.42 bits per heavy atom. The van der Waals surface area contributed by atoms with Crippen LogP contribution in [0.1, 0.15) is 6.42 Å². The molecule has 0 radical (unpaired) electrons. The maximum absolute atomic E-state index is 12.3. The van der Waals surface area contributed by atoms with E-state index in [0.717, 1.165) is 12.4 Å². The number of rotatable bonds is 4. The van der Waals surface area contributed by atoms with Crippen molar-refractivity contribution in [2.24, 2.45) is 0 Å². The molecule has 0 fully saturated rings. The van der Waals surface area contributed by atoms with Gasteiger partial charge in [0.2, 0.25) is 5.95 Å². The number of aliphatic hydroxyl groups is 1. The summed E-state index contributed by atoms with van der Waals surface area (Å²) in [6.07, 6.45) is 2.81. The minimum absolute atomic E-state index is 0.119. The lowest BCUT2D eigenvalue weighted by Crippen LogP contribution is -2.06. The van der Waals surface area contributed by atoms with Crippen LogP contribution in [0.4, 0.5) is 10.3 Å². The summed E-state index contributed by atoms with van der Waals surface area (Å²) in [6.45, 7) is 0.705. The molecule has 0 aliphatic heterocycles. The lowest BCUT2D eigenvalue weighted by molar-refractivity contribution is 0.292. The van der Waals surface area contributed by atoms with E-state index in [4.69, 9.17) is 5.11 Å². The van der Waals surface area contributed by atoms with Gasteiger partial charge in [0.25, 0.3) is 0 Å². The summed E-state index contributed by atoms with van der Waals surface area (Å²) in [7, 11) is 0. The third kappa shape index (κ3) is 2.79. The fourth-order valence-corrected chi connectivity index (χ4v) is 0.683. The lowest BCUT2D eigenvalue weighted by Gasteiger charge is -2.01. The Kier molecular flexibility index (Phi) is 3.40. The SMILES string of the molecule is OCCCNc1ncc(F)cn1. The van der Waals surface area contributed by atoms with E-state index >= 15 is 0 Å². The number of aromatic nitrogens is 2. The smallest absolute Gasteiger partial charge is 0.222 e. The van der Waals surface area contributed by atoms with Crippen LogP contribution in [0.25, 0.3) is 0 Å². The molecule has 0 bridgehead atoms. The molecule has 0 spiro atoms. The molecule has 0 atom stereocenters. The van der Waals surface area contributed by atoms with E-state index < -0.39 is 5.82 Å². The van der Waals surface area contributed by atoms with Gasteiger partial charge in [0.05, 0.1) is 12.4 Å². The molecule has 0 amide bonds. The maximum atomic E-state index is 12.3. The highest BCUT2D eigenvalue weighted by Gasteiger charge is 1.94. The Bertz CT molecular complexity index is 227. The van der Waals surface area contributed by atoms with E-state index in [1.54, 1.807) is 0 Å². The second kappa shape index (κ2) is 4.61. The average Bonchev–Trinajstić information content (AvgIpc) is 2.09. The summed E-state index contributed by atoms with van der Waals surface area (Å²) < 4.78 is 12.3. The van der Waals surface area contributed by atoms with Gasteiger partial charge in [-0.1, -0.05) is 0 Å². The van der Waals surface area contributed by atoms with Crippen LogP contribution in [0.3, 0.4) is 0 Å². The molecule has 12 heavy (non-hydrogen) atoms. The van der Waals surface area contributed by atoms with Crippen molar-refractivity contribution in [2.45, 2.75) is 6.42 Å². The number of anilines is 1. The summed E-state index contributed by atoms with van der Waals surface area (Å²) in [6, 6.07) is 0. The van der Waals surface area contributed by atoms with Gasteiger partial charge in [-0.25, -0.2) is 14.4 Å². The predicted octanol–water partition coefficient (Wildman–Crippen LogP) is 0.410. The number of nitrogens with one attached hydrogen (secondary N) is 1. The van der Waals surface area contributed by atoms with Crippen molar-refractivity contribution in [1.29, 1.82) is 0 Å². The quantitative estimate of drug-likeness (QED) is 0.644. The zero-order valence-corrected chi connectivity index (χ0v) is 6.50. The van der Waals surface area contributed by atoms with Gasteiger partial charge in [-0.3, -0.25) is 0 Å². The van der Waals surface area contributed by atoms with Crippen molar-refractivity contribution < 1.29 is 9.50 Å². The standard InChI is InChI=1S/C7H10FN3O/c8-6-4-10-7(11-5-6)9-2-1-3-12/h4-5,12H,1-3H2,(H,9,10,11). The van der Waals surface area contributed by atoms with Crippen LogP contribution >= 0.6 is 0 Å². The highest BCUT2D eigenvalue weighted by Crippen LogP contribution is 1.97. The first-order chi connectivity index (χ1) is 5.83. The molecule has 5 heteroatoms. The van der Waals surface area contributed by atoms with Crippen molar-refractivity contribution in [3.8, 4) is 0 Å². The average molecular weight is 171 g/mol. The van der Waals surface area contributed by atoms with E-state index in [-0.39, 0.29) is 6.61 Å². The van der Waals surface area contributed by atoms with Gasteiger partial charge in [0.1, 0.15) is 0 Å². The second-order valence-corrected chi connectivity index (χ2v) is 2.23. The van der Waals surface area contributed by atoms with Crippen molar-refractivity contribution in [1.82, 2.24) is 9.97 Å². The largest absolute Gasteiger partial charge is 0.396 e. The van der Waals surface area contributed by atoms with Gasteiger partial charge in [-0.05, 0) is 6.42 Å². The van der Waals surface area contributed by atoms with Crippen LogP contribution < -0.4 is 5.32 Å². The first-order valence-electron chi connectivity index (χ1n) is 3.65. The van der Waals surface area contributed by atoms with Gasteiger partial charge < -0.3 is 10.4 Å². The Balaban J connectivity index is 2.37. The molecule has 66 valence electrons. The molecule has 0 aliphatic carbocycles. The molecule has 0 saturated carbocycles. The van der Waals surface area contributed by atoms with E-state index in [9.17, 15) is 4.39 Å². The van der Waals surface area contributed by atoms with E-state index in [1.807, 2.05) is 0 Å².